The first-order valence-corrected chi connectivity index (χ1v) is 7.40. The molecule has 2 aromatic carbocycles. The number of carboxylic acid groups (broad SMARTS) is 1. The first-order valence-electron chi connectivity index (χ1n) is 5.74. The molecule has 0 aromatic heterocycles. The molecule has 0 amide bonds. The summed E-state index contributed by atoms with van der Waals surface area (Å²) >= 11 is 7.48. The van der Waals surface area contributed by atoms with Gasteiger partial charge in [-0.2, -0.15) is 0 Å². The van der Waals surface area contributed by atoms with Gasteiger partial charge in [-0.15, -0.1) is 11.8 Å². The standard InChI is InChI=1S/C15H13ClO2S/c1-19-14(15(17)18)12-8-7-11(9-13(12)16)10-5-3-2-4-6-10/h2-9,14H,1H3,(H,17,18). The van der Waals surface area contributed by atoms with E-state index in [1.165, 1.54) is 11.8 Å². The Balaban J connectivity index is 2.40. The molecule has 0 aliphatic heterocycles. The zero-order valence-corrected chi connectivity index (χ0v) is 11.9. The van der Waals surface area contributed by atoms with Gasteiger partial charge in [-0.3, -0.25) is 4.79 Å². The fourth-order valence-corrected chi connectivity index (χ4v) is 2.93. The quantitative estimate of drug-likeness (QED) is 0.902. The van der Waals surface area contributed by atoms with Crippen LogP contribution in [0, 0.1) is 0 Å². The lowest BCUT2D eigenvalue weighted by atomic mass is 10.0. The lowest BCUT2D eigenvalue weighted by Crippen LogP contribution is -2.08. The largest absolute Gasteiger partial charge is 0.480 e. The van der Waals surface area contributed by atoms with Gasteiger partial charge >= 0.3 is 5.97 Å². The third-order valence-corrected chi connectivity index (χ3v) is 4.10. The molecular weight excluding hydrogens is 280 g/mol. The van der Waals surface area contributed by atoms with Gasteiger partial charge in [0.25, 0.3) is 0 Å². The molecule has 0 heterocycles. The number of thioether (sulfide) groups is 1. The van der Waals surface area contributed by atoms with Gasteiger partial charge in [0.15, 0.2) is 0 Å². The van der Waals surface area contributed by atoms with Crippen LogP contribution in [0.3, 0.4) is 0 Å². The van der Waals surface area contributed by atoms with Crippen molar-refractivity contribution in [3.63, 3.8) is 0 Å². The molecule has 1 N–H and O–H groups in total. The van der Waals surface area contributed by atoms with Crippen molar-refractivity contribution in [2.24, 2.45) is 0 Å². The highest BCUT2D eigenvalue weighted by molar-refractivity contribution is 7.99. The lowest BCUT2D eigenvalue weighted by molar-refractivity contribution is -0.136. The van der Waals surface area contributed by atoms with Crippen LogP contribution in [0.1, 0.15) is 10.8 Å². The van der Waals surface area contributed by atoms with Crippen LogP contribution in [0.15, 0.2) is 48.5 Å². The Labute approximate surface area is 121 Å². The molecule has 0 saturated heterocycles. The zero-order chi connectivity index (χ0) is 13.8. The third-order valence-electron chi connectivity index (χ3n) is 2.85. The minimum Gasteiger partial charge on any atom is -0.480 e. The van der Waals surface area contributed by atoms with Crippen LogP contribution in [-0.4, -0.2) is 17.3 Å². The number of halogens is 1. The molecule has 2 nitrogen and oxygen atoms in total. The van der Waals surface area contributed by atoms with Crippen molar-refractivity contribution in [3.05, 3.63) is 59.1 Å². The van der Waals surface area contributed by atoms with Gasteiger partial charge in [0, 0.05) is 5.02 Å². The minimum absolute atomic E-state index is 0.489. The van der Waals surface area contributed by atoms with Crippen LogP contribution in [0.4, 0.5) is 0 Å². The van der Waals surface area contributed by atoms with Gasteiger partial charge in [0.05, 0.1) is 0 Å². The smallest absolute Gasteiger partial charge is 0.321 e. The summed E-state index contributed by atoms with van der Waals surface area (Å²) in [5.41, 5.74) is 2.69. The van der Waals surface area contributed by atoms with Gasteiger partial charge < -0.3 is 5.11 Å². The molecule has 4 heteroatoms. The first kappa shape index (κ1) is 14.0. The van der Waals surface area contributed by atoms with E-state index < -0.39 is 11.2 Å². The van der Waals surface area contributed by atoms with E-state index in [4.69, 9.17) is 16.7 Å². The summed E-state index contributed by atoms with van der Waals surface area (Å²) in [5.74, 6) is -0.873. The maximum Gasteiger partial charge on any atom is 0.321 e. The van der Waals surface area contributed by atoms with E-state index in [1.807, 2.05) is 42.5 Å². The molecule has 2 rings (SSSR count). The Morgan fingerprint density at radius 1 is 1.16 bits per heavy atom. The number of benzene rings is 2. The van der Waals surface area contributed by atoms with E-state index in [-0.39, 0.29) is 0 Å². The highest BCUT2D eigenvalue weighted by Crippen LogP contribution is 2.34. The lowest BCUT2D eigenvalue weighted by Gasteiger charge is -2.13. The highest BCUT2D eigenvalue weighted by atomic mass is 35.5. The zero-order valence-electron chi connectivity index (χ0n) is 10.3. The van der Waals surface area contributed by atoms with Crippen LogP contribution < -0.4 is 0 Å². The number of carboxylic acids is 1. The van der Waals surface area contributed by atoms with Crippen molar-refractivity contribution in [3.8, 4) is 11.1 Å². The predicted molar refractivity (Wildman–Crippen MR) is 80.8 cm³/mol. The summed E-state index contributed by atoms with van der Waals surface area (Å²) in [6.07, 6.45) is 1.76. The Kier molecular flexibility index (Phi) is 4.51. The van der Waals surface area contributed by atoms with Gasteiger partial charge in [0.2, 0.25) is 0 Å². The van der Waals surface area contributed by atoms with Crippen LogP contribution in [0.5, 0.6) is 0 Å². The molecule has 0 aliphatic rings. The van der Waals surface area contributed by atoms with Crippen molar-refractivity contribution < 1.29 is 9.90 Å². The molecule has 0 bridgehead atoms. The van der Waals surface area contributed by atoms with Gasteiger partial charge in [-0.1, -0.05) is 54.1 Å². The molecule has 0 aliphatic carbocycles. The maximum absolute atomic E-state index is 11.2. The second-order valence-electron chi connectivity index (χ2n) is 4.06. The fraction of sp³-hybridized carbons (Fsp3) is 0.133. The summed E-state index contributed by atoms with van der Waals surface area (Å²) in [6.45, 7) is 0. The van der Waals surface area contributed by atoms with Crippen molar-refractivity contribution in [1.29, 1.82) is 0 Å². The van der Waals surface area contributed by atoms with Crippen molar-refractivity contribution in [2.75, 3.05) is 6.26 Å². The van der Waals surface area contributed by atoms with Crippen LogP contribution in [0.2, 0.25) is 5.02 Å². The van der Waals surface area contributed by atoms with Crippen LogP contribution >= 0.6 is 23.4 Å². The van der Waals surface area contributed by atoms with E-state index in [0.29, 0.717) is 10.6 Å². The second kappa shape index (κ2) is 6.13. The third kappa shape index (κ3) is 3.11. The molecule has 0 radical (unpaired) electrons. The normalized spacial score (nSPS) is 12.1. The first-order chi connectivity index (χ1) is 9.13. The number of aliphatic carboxylic acids is 1. The number of hydrogen-bond acceptors (Lipinski definition) is 2. The molecule has 0 fully saturated rings. The SMILES string of the molecule is CSC(C(=O)O)c1ccc(-c2ccccc2)cc1Cl. The average Bonchev–Trinajstić information content (AvgIpc) is 2.42. The van der Waals surface area contributed by atoms with Gasteiger partial charge in [0.1, 0.15) is 5.25 Å². The number of hydrogen-bond donors (Lipinski definition) is 1. The predicted octanol–water partition coefficient (Wildman–Crippen LogP) is 4.50. The maximum atomic E-state index is 11.2. The highest BCUT2D eigenvalue weighted by Gasteiger charge is 2.21. The summed E-state index contributed by atoms with van der Waals surface area (Å²) < 4.78 is 0. The van der Waals surface area contributed by atoms with Crippen LogP contribution in [-0.2, 0) is 4.79 Å². The molecular formula is C15H13ClO2S. The minimum atomic E-state index is -0.873. The molecule has 0 spiro atoms. The van der Waals surface area contributed by atoms with E-state index in [9.17, 15) is 4.79 Å². The number of carbonyl (C=O) groups is 1. The summed E-state index contributed by atoms with van der Waals surface area (Å²) in [6, 6.07) is 15.4. The molecule has 2 aromatic rings. The Morgan fingerprint density at radius 2 is 1.84 bits per heavy atom. The van der Waals surface area contributed by atoms with Gasteiger partial charge in [-0.25, -0.2) is 0 Å². The molecule has 1 atom stereocenters. The van der Waals surface area contributed by atoms with E-state index in [0.717, 1.165) is 11.1 Å². The topological polar surface area (TPSA) is 37.3 Å². The van der Waals surface area contributed by atoms with Crippen molar-refractivity contribution >= 4 is 29.3 Å². The molecule has 98 valence electrons. The molecule has 0 saturated carbocycles. The van der Waals surface area contributed by atoms with Crippen molar-refractivity contribution in [2.45, 2.75) is 5.25 Å². The Hall–Kier alpha value is -1.45. The second-order valence-corrected chi connectivity index (χ2v) is 5.41. The monoisotopic (exact) mass is 292 g/mol. The average molecular weight is 293 g/mol. The van der Waals surface area contributed by atoms with Crippen molar-refractivity contribution in [1.82, 2.24) is 0 Å². The van der Waals surface area contributed by atoms with E-state index in [1.54, 1.807) is 12.3 Å². The fourth-order valence-electron chi connectivity index (χ4n) is 1.91. The number of rotatable bonds is 4. The van der Waals surface area contributed by atoms with E-state index in [2.05, 4.69) is 0 Å². The van der Waals surface area contributed by atoms with E-state index >= 15 is 0 Å². The Bertz CT molecular complexity index is 584. The molecule has 1 unspecified atom stereocenters. The Morgan fingerprint density at radius 3 is 2.37 bits per heavy atom. The molecule has 19 heavy (non-hydrogen) atoms. The summed E-state index contributed by atoms with van der Waals surface area (Å²) in [4.78, 5) is 11.2. The van der Waals surface area contributed by atoms with Gasteiger partial charge in [-0.05, 0) is 29.0 Å². The summed E-state index contributed by atoms with van der Waals surface area (Å²) in [7, 11) is 0. The van der Waals surface area contributed by atoms with Crippen LogP contribution in [0.25, 0.3) is 11.1 Å². The summed E-state index contributed by atoms with van der Waals surface area (Å²) in [5, 5.41) is 9.02.